The maximum Gasteiger partial charge on any atom is 0.254 e. The highest BCUT2D eigenvalue weighted by molar-refractivity contribution is 7.91. The number of amides is 1. The van der Waals surface area contributed by atoms with E-state index >= 15 is 0 Å². The molecule has 0 N–H and O–H groups in total. The van der Waals surface area contributed by atoms with Crippen LogP contribution in [0.15, 0.2) is 18.2 Å². The van der Waals surface area contributed by atoms with Crippen molar-refractivity contribution in [1.29, 1.82) is 0 Å². The van der Waals surface area contributed by atoms with E-state index in [0.717, 1.165) is 29.2 Å². The van der Waals surface area contributed by atoms with E-state index in [1.165, 1.54) is 6.07 Å². The van der Waals surface area contributed by atoms with Crippen molar-refractivity contribution in [1.82, 2.24) is 14.7 Å². The SMILES string of the molecule is Cc1nn(C2CCS(=O)(=O)C2)c(C)c1N1CCN(C(=O)c2ccc(F)c(F)c2)CC1. The van der Waals surface area contributed by atoms with Crippen LogP contribution in [0.5, 0.6) is 0 Å². The van der Waals surface area contributed by atoms with Gasteiger partial charge in [-0.3, -0.25) is 9.48 Å². The minimum absolute atomic E-state index is 0.116. The van der Waals surface area contributed by atoms with Gasteiger partial charge in [-0.15, -0.1) is 0 Å². The van der Waals surface area contributed by atoms with Gasteiger partial charge in [-0.05, 0) is 38.5 Å². The van der Waals surface area contributed by atoms with Crippen LogP contribution in [0.1, 0.15) is 34.2 Å². The topological polar surface area (TPSA) is 75.5 Å². The molecule has 2 saturated heterocycles. The van der Waals surface area contributed by atoms with E-state index < -0.39 is 21.5 Å². The van der Waals surface area contributed by atoms with Gasteiger partial charge in [0.15, 0.2) is 21.5 Å². The lowest BCUT2D eigenvalue weighted by molar-refractivity contribution is 0.0746. The quantitative estimate of drug-likeness (QED) is 0.734. The lowest BCUT2D eigenvalue weighted by Crippen LogP contribution is -2.49. The molecular formula is C20H24F2N4O3S. The summed E-state index contributed by atoms with van der Waals surface area (Å²) in [6, 6.07) is 3.04. The Morgan fingerprint density at radius 2 is 1.80 bits per heavy atom. The van der Waals surface area contributed by atoms with Crippen molar-refractivity contribution in [2.24, 2.45) is 0 Å². The molecule has 1 atom stereocenters. The number of hydrogen-bond donors (Lipinski definition) is 0. The molecule has 0 aliphatic carbocycles. The molecule has 2 aliphatic rings. The van der Waals surface area contributed by atoms with Crippen LogP contribution in [0.25, 0.3) is 0 Å². The predicted octanol–water partition coefficient (Wildman–Crippen LogP) is 2.10. The summed E-state index contributed by atoms with van der Waals surface area (Å²) < 4.78 is 52.1. The molecule has 2 fully saturated rings. The van der Waals surface area contributed by atoms with Crippen LogP contribution in [0.3, 0.4) is 0 Å². The Balaban J connectivity index is 1.47. The zero-order valence-electron chi connectivity index (χ0n) is 16.9. The first-order valence-corrected chi connectivity index (χ1v) is 11.7. The highest BCUT2D eigenvalue weighted by atomic mass is 32.2. The van der Waals surface area contributed by atoms with E-state index in [-0.39, 0.29) is 29.0 Å². The normalized spacial score (nSPS) is 21.3. The van der Waals surface area contributed by atoms with Crippen LogP contribution in [0, 0.1) is 25.5 Å². The van der Waals surface area contributed by atoms with Gasteiger partial charge in [0.1, 0.15) is 0 Å². The highest BCUT2D eigenvalue weighted by Gasteiger charge is 2.33. The first-order valence-electron chi connectivity index (χ1n) is 9.91. The monoisotopic (exact) mass is 438 g/mol. The highest BCUT2D eigenvalue weighted by Crippen LogP contribution is 2.31. The Labute approximate surface area is 174 Å². The van der Waals surface area contributed by atoms with E-state index in [4.69, 9.17) is 0 Å². The van der Waals surface area contributed by atoms with Crippen LogP contribution in [0.4, 0.5) is 14.5 Å². The van der Waals surface area contributed by atoms with Gasteiger partial charge in [-0.1, -0.05) is 0 Å². The molecule has 10 heteroatoms. The van der Waals surface area contributed by atoms with Crippen LogP contribution < -0.4 is 4.90 Å². The number of anilines is 1. The first kappa shape index (κ1) is 20.8. The molecule has 0 radical (unpaired) electrons. The summed E-state index contributed by atoms with van der Waals surface area (Å²) in [6.45, 7) is 5.89. The second-order valence-electron chi connectivity index (χ2n) is 7.93. The van der Waals surface area contributed by atoms with Crippen molar-refractivity contribution in [3.8, 4) is 0 Å². The van der Waals surface area contributed by atoms with Crippen LogP contribution >= 0.6 is 0 Å². The largest absolute Gasteiger partial charge is 0.365 e. The predicted molar refractivity (Wildman–Crippen MR) is 108 cm³/mol. The summed E-state index contributed by atoms with van der Waals surface area (Å²) in [5.41, 5.74) is 2.86. The van der Waals surface area contributed by atoms with E-state index in [1.807, 2.05) is 18.5 Å². The lowest BCUT2D eigenvalue weighted by atomic mass is 10.1. The molecule has 2 aromatic rings. The molecule has 4 rings (SSSR count). The first-order chi connectivity index (χ1) is 14.2. The molecule has 30 heavy (non-hydrogen) atoms. The molecule has 1 amide bonds. The second kappa shape index (κ2) is 7.64. The number of aromatic nitrogens is 2. The molecule has 3 heterocycles. The Morgan fingerprint density at radius 3 is 2.40 bits per heavy atom. The number of hydrogen-bond acceptors (Lipinski definition) is 5. The van der Waals surface area contributed by atoms with Crippen LogP contribution in [-0.4, -0.2) is 66.7 Å². The third-order valence-electron chi connectivity index (χ3n) is 5.89. The summed E-state index contributed by atoms with van der Waals surface area (Å²) in [6.07, 6.45) is 0.570. The van der Waals surface area contributed by atoms with E-state index in [2.05, 4.69) is 10.00 Å². The number of benzene rings is 1. The van der Waals surface area contributed by atoms with Gasteiger partial charge in [0.2, 0.25) is 0 Å². The summed E-state index contributed by atoms with van der Waals surface area (Å²) in [4.78, 5) is 16.4. The Kier molecular flexibility index (Phi) is 5.29. The minimum atomic E-state index is -3.01. The number of piperazine rings is 1. The van der Waals surface area contributed by atoms with Gasteiger partial charge in [-0.2, -0.15) is 5.10 Å². The lowest BCUT2D eigenvalue weighted by Gasteiger charge is -2.36. The fourth-order valence-corrected chi connectivity index (χ4v) is 6.07. The van der Waals surface area contributed by atoms with Crippen molar-refractivity contribution < 1.29 is 22.0 Å². The maximum atomic E-state index is 13.5. The van der Waals surface area contributed by atoms with E-state index in [1.54, 1.807) is 4.90 Å². The number of halogens is 2. The van der Waals surface area contributed by atoms with Crippen molar-refractivity contribution >= 4 is 21.4 Å². The molecule has 1 unspecified atom stereocenters. The fourth-order valence-electron chi connectivity index (χ4n) is 4.38. The molecule has 2 aliphatic heterocycles. The average Bonchev–Trinajstić information content (AvgIpc) is 3.21. The zero-order valence-corrected chi connectivity index (χ0v) is 17.8. The third-order valence-corrected chi connectivity index (χ3v) is 7.64. The number of sulfone groups is 1. The van der Waals surface area contributed by atoms with Gasteiger partial charge in [0.25, 0.3) is 5.91 Å². The second-order valence-corrected chi connectivity index (χ2v) is 10.2. The number of nitrogens with zero attached hydrogens (tertiary/aromatic N) is 4. The molecule has 1 aromatic heterocycles. The van der Waals surface area contributed by atoms with Gasteiger partial charge in [0.05, 0.1) is 34.6 Å². The molecule has 162 valence electrons. The number of rotatable bonds is 3. The fraction of sp³-hybridized carbons (Fsp3) is 0.500. The average molecular weight is 439 g/mol. The van der Waals surface area contributed by atoms with Crippen molar-refractivity contribution in [2.75, 3.05) is 42.6 Å². The molecular weight excluding hydrogens is 414 g/mol. The van der Waals surface area contributed by atoms with Gasteiger partial charge in [0, 0.05) is 31.7 Å². The summed E-state index contributed by atoms with van der Waals surface area (Å²) in [5, 5.41) is 4.61. The summed E-state index contributed by atoms with van der Waals surface area (Å²) >= 11 is 0. The molecule has 1 aromatic carbocycles. The molecule has 0 bridgehead atoms. The van der Waals surface area contributed by atoms with Crippen molar-refractivity contribution in [3.63, 3.8) is 0 Å². The van der Waals surface area contributed by atoms with Crippen molar-refractivity contribution in [3.05, 3.63) is 46.8 Å². The molecule has 7 nitrogen and oxygen atoms in total. The Morgan fingerprint density at radius 1 is 1.10 bits per heavy atom. The standard InChI is InChI=1S/C20H24F2N4O3S/c1-13-19(14(2)26(23-13)16-5-10-30(28,29)12-16)24-6-8-25(9-7-24)20(27)15-3-4-17(21)18(22)11-15/h3-4,11,16H,5-10,12H2,1-2H3. The number of carbonyl (C=O) groups excluding carboxylic acids is 1. The summed E-state index contributed by atoms with van der Waals surface area (Å²) in [5.74, 6) is -2.03. The summed E-state index contributed by atoms with van der Waals surface area (Å²) in [7, 11) is -3.01. The van der Waals surface area contributed by atoms with Crippen LogP contribution in [-0.2, 0) is 9.84 Å². The van der Waals surface area contributed by atoms with E-state index in [9.17, 15) is 22.0 Å². The van der Waals surface area contributed by atoms with E-state index in [0.29, 0.717) is 32.6 Å². The van der Waals surface area contributed by atoms with Crippen molar-refractivity contribution in [2.45, 2.75) is 26.3 Å². The number of carbonyl (C=O) groups is 1. The Hall–Kier alpha value is -2.49. The van der Waals surface area contributed by atoms with Gasteiger partial charge in [-0.25, -0.2) is 17.2 Å². The third kappa shape index (κ3) is 3.80. The van der Waals surface area contributed by atoms with Crippen LogP contribution in [0.2, 0.25) is 0 Å². The molecule has 0 spiro atoms. The molecule has 0 saturated carbocycles. The number of aryl methyl sites for hydroxylation is 1. The van der Waals surface area contributed by atoms with Gasteiger partial charge >= 0.3 is 0 Å². The zero-order chi connectivity index (χ0) is 21.6. The maximum absolute atomic E-state index is 13.5. The minimum Gasteiger partial charge on any atom is -0.365 e. The Bertz CT molecular complexity index is 1090. The van der Waals surface area contributed by atoms with Gasteiger partial charge < -0.3 is 9.80 Å². The smallest absolute Gasteiger partial charge is 0.254 e.